The fourth-order valence-electron chi connectivity index (χ4n) is 4.18. The predicted octanol–water partition coefficient (Wildman–Crippen LogP) is 2.52. The Kier molecular flexibility index (Phi) is 6.47. The third kappa shape index (κ3) is 3.98. The maximum Gasteiger partial charge on any atom is 0.329 e. The highest BCUT2D eigenvalue weighted by molar-refractivity contribution is 5.88. The first-order valence-corrected chi connectivity index (χ1v) is 9.63. The van der Waals surface area contributed by atoms with Gasteiger partial charge in [-0.15, -0.1) is 0 Å². The van der Waals surface area contributed by atoms with Crippen molar-refractivity contribution >= 4 is 17.8 Å². The van der Waals surface area contributed by atoms with Gasteiger partial charge in [0.05, 0.1) is 5.92 Å². The van der Waals surface area contributed by atoms with Crippen LogP contribution in [0.1, 0.15) is 65.2 Å². The fraction of sp³-hybridized carbons (Fsp3) is 0.842. The number of likely N-dealkylation sites (N-methyl/N-ethyl adjacent to an activating group) is 1. The monoisotopic (exact) mass is 352 g/mol. The third-order valence-electron chi connectivity index (χ3n) is 6.17. The maximum atomic E-state index is 13.0. The normalized spacial score (nSPS) is 24.4. The summed E-state index contributed by atoms with van der Waals surface area (Å²) in [5, 5.41) is 9.79. The zero-order valence-electron chi connectivity index (χ0n) is 15.8. The molecule has 25 heavy (non-hydrogen) atoms. The van der Waals surface area contributed by atoms with Crippen molar-refractivity contribution in [3.8, 4) is 0 Å². The van der Waals surface area contributed by atoms with E-state index in [9.17, 15) is 19.5 Å². The highest BCUT2D eigenvalue weighted by Gasteiger charge is 2.47. The largest absolute Gasteiger partial charge is 0.479 e. The van der Waals surface area contributed by atoms with Gasteiger partial charge < -0.3 is 14.9 Å². The Labute approximate surface area is 150 Å². The molecule has 2 rings (SSSR count). The van der Waals surface area contributed by atoms with Gasteiger partial charge in [-0.05, 0) is 32.1 Å². The number of rotatable bonds is 5. The Morgan fingerprint density at radius 3 is 2.40 bits per heavy atom. The Morgan fingerprint density at radius 2 is 1.84 bits per heavy atom. The van der Waals surface area contributed by atoms with Gasteiger partial charge in [0.25, 0.3) is 0 Å². The van der Waals surface area contributed by atoms with Gasteiger partial charge in [-0.3, -0.25) is 9.59 Å². The molecule has 0 spiro atoms. The molecule has 0 aromatic heterocycles. The Balaban J connectivity index is 2.10. The fourth-order valence-corrected chi connectivity index (χ4v) is 4.18. The van der Waals surface area contributed by atoms with Crippen molar-refractivity contribution in [2.24, 2.45) is 11.8 Å². The number of carboxylic acids is 1. The number of amides is 2. The number of hydrogen-bond donors (Lipinski definition) is 1. The molecule has 2 unspecified atom stereocenters. The molecular formula is C19H32N2O4. The predicted molar refractivity (Wildman–Crippen MR) is 95.0 cm³/mol. The summed E-state index contributed by atoms with van der Waals surface area (Å²) >= 11 is 0. The van der Waals surface area contributed by atoms with Crippen LogP contribution in [0.2, 0.25) is 0 Å². The average molecular weight is 352 g/mol. The summed E-state index contributed by atoms with van der Waals surface area (Å²) in [6, 6.07) is 0. The van der Waals surface area contributed by atoms with Gasteiger partial charge in [-0.2, -0.15) is 0 Å². The molecule has 1 saturated heterocycles. The van der Waals surface area contributed by atoms with E-state index in [-0.39, 0.29) is 23.7 Å². The number of carbonyl (C=O) groups excluding carboxylic acids is 2. The van der Waals surface area contributed by atoms with Crippen LogP contribution in [0.5, 0.6) is 0 Å². The smallest absolute Gasteiger partial charge is 0.329 e. The van der Waals surface area contributed by atoms with Gasteiger partial charge in [0.2, 0.25) is 11.8 Å². The quantitative estimate of drug-likeness (QED) is 0.825. The van der Waals surface area contributed by atoms with Crippen LogP contribution >= 0.6 is 0 Å². The lowest BCUT2D eigenvalue weighted by atomic mass is 9.79. The van der Waals surface area contributed by atoms with Gasteiger partial charge in [-0.25, -0.2) is 4.79 Å². The van der Waals surface area contributed by atoms with Gasteiger partial charge in [0.15, 0.2) is 0 Å². The molecule has 2 amide bonds. The van der Waals surface area contributed by atoms with Crippen molar-refractivity contribution in [3.63, 3.8) is 0 Å². The molecule has 2 atom stereocenters. The standard InChI is InChI=1S/C19H32N2O4/c1-4-14(2)16(22)21-12-8-9-15(13-21)17(23)20(3)19(18(24)25)10-6-5-7-11-19/h14-15H,4-13H2,1-3H3,(H,24,25). The summed E-state index contributed by atoms with van der Waals surface area (Å²) in [7, 11) is 1.64. The minimum absolute atomic E-state index is 0.0321. The van der Waals surface area contributed by atoms with E-state index in [0.717, 1.165) is 38.5 Å². The van der Waals surface area contributed by atoms with E-state index in [1.54, 1.807) is 11.9 Å². The van der Waals surface area contributed by atoms with E-state index < -0.39 is 11.5 Å². The second kappa shape index (κ2) is 8.19. The number of aliphatic carboxylic acids is 1. The topological polar surface area (TPSA) is 77.9 Å². The van der Waals surface area contributed by atoms with E-state index >= 15 is 0 Å². The van der Waals surface area contributed by atoms with E-state index in [0.29, 0.717) is 25.9 Å². The average Bonchev–Trinajstić information content (AvgIpc) is 2.66. The van der Waals surface area contributed by atoms with E-state index in [1.807, 2.05) is 13.8 Å². The molecule has 0 aromatic carbocycles. The minimum atomic E-state index is -1.07. The van der Waals surface area contributed by atoms with Gasteiger partial charge >= 0.3 is 5.97 Å². The number of likely N-dealkylation sites (tertiary alicyclic amines) is 1. The first-order valence-electron chi connectivity index (χ1n) is 9.63. The molecule has 1 aliphatic heterocycles. The number of carboxylic acid groups (broad SMARTS) is 1. The van der Waals surface area contributed by atoms with Crippen molar-refractivity contribution < 1.29 is 19.5 Å². The Hall–Kier alpha value is -1.59. The summed E-state index contributed by atoms with van der Waals surface area (Å²) < 4.78 is 0. The van der Waals surface area contributed by atoms with Gasteiger partial charge in [0.1, 0.15) is 5.54 Å². The zero-order valence-corrected chi connectivity index (χ0v) is 15.8. The first kappa shape index (κ1) is 19.7. The molecule has 142 valence electrons. The lowest BCUT2D eigenvalue weighted by Crippen LogP contribution is -2.59. The Morgan fingerprint density at radius 1 is 1.20 bits per heavy atom. The molecule has 0 radical (unpaired) electrons. The summed E-state index contributed by atoms with van der Waals surface area (Å²) in [5.74, 6) is -1.23. The van der Waals surface area contributed by atoms with Crippen LogP contribution in [0.3, 0.4) is 0 Å². The first-order chi connectivity index (χ1) is 11.8. The summed E-state index contributed by atoms with van der Waals surface area (Å²) in [5.41, 5.74) is -1.07. The highest BCUT2D eigenvalue weighted by atomic mass is 16.4. The molecule has 6 heteroatoms. The number of carbonyl (C=O) groups is 3. The molecule has 1 heterocycles. The minimum Gasteiger partial charge on any atom is -0.479 e. The van der Waals surface area contributed by atoms with Crippen molar-refractivity contribution in [2.45, 2.75) is 70.8 Å². The summed E-state index contributed by atoms with van der Waals surface area (Å²) in [6.45, 7) is 5.02. The van der Waals surface area contributed by atoms with Crippen LogP contribution in [-0.2, 0) is 14.4 Å². The molecule has 2 aliphatic rings. The van der Waals surface area contributed by atoms with Crippen molar-refractivity contribution in [1.29, 1.82) is 0 Å². The summed E-state index contributed by atoms with van der Waals surface area (Å²) in [6.07, 6.45) is 6.06. The maximum absolute atomic E-state index is 13.0. The van der Waals surface area contributed by atoms with Crippen LogP contribution < -0.4 is 0 Å². The third-order valence-corrected chi connectivity index (χ3v) is 6.17. The molecule has 0 bridgehead atoms. The van der Waals surface area contributed by atoms with Crippen LogP contribution in [0.4, 0.5) is 0 Å². The number of nitrogens with zero attached hydrogens (tertiary/aromatic N) is 2. The van der Waals surface area contributed by atoms with Gasteiger partial charge in [-0.1, -0.05) is 33.1 Å². The van der Waals surface area contributed by atoms with Crippen molar-refractivity contribution in [3.05, 3.63) is 0 Å². The van der Waals surface area contributed by atoms with Crippen LogP contribution in [-0.4, -0.2) is 58.4 Å². The molecule has 1 N–H and O–H groups in total. The van der Waals surface area contributed by atoms with E-state index in [2.05, 4.69) is 0 Å². The van der Waals surface area contributed by atoms with Crippen molar-refractivity contribution in [1.82, 2.24) is 9.80 Å². The molecule has 6 nitrogen and oxygen atoms in total. The van der Waals surface area contributed by atoms with Crippen LogP contribution in [0.25, 0.3) is 0 Å². The van der Waals surface area contributed by atoms with E-state index in [1.165, 1.54) is 4.90 Å². The van der Waals surface area contributed by atoms with Crippen molar-refractivity contribution in [2.75, 3.05) is 20.1 Å². The van der Waals surface area contributed by atoms with Crippen LogP contribution in [0.15, 0.2) is 0 Å². The van der Waals surface area contributed by atoms with Gasteiger partial charge in [0, 0.05) is 26.1 Å². The zero-order chi connectivity index (χ0) is 18.6. The molecule has 1 aliphatic carbocycles. The lowest BCUT2D eigenvalue weighted by Gasteiger charge is -2.43. The van der Waals surface area contributed by atoms with E-state index in [4.69, 9.17) is 0 Å². The molecule has 0 aromatic rings. The molecular weight excluding hydrogens is 320 g/mol. The second-order valence-electron chi connectivity index (χ2n) is 7.73. The summed E-state index contributed by atoms with van der Waals surface area (Å²) in [4.78, 5) is 40.7. The molecule has 2 fully saturated rings. The molecule has 1 saturated carbocycles. The second-order valence-corrected chi connectivity index (χ2v) is 7.73. The Bertz CT molecular complexity index is 514. The number of hydrogen-bond acceptors (Lipinski definition) is 3. The number of piperidine rings is 1. The SMILES string of the molecule is CCC(C)C(=O)N1CCCC(C(=O)N(C)C2(C(=O)O)CCCCC2)C1. The lowest BCUT2D eigenvalue weighted by molar-refractivity contribution is -0.163. The highest BCUT2D eigenvalue weighted by Crippen LogP contribution is 2.35. The van der Waals surface area contributed by atoms with Crippen LogP contribution in [0, 0.1) is 11.8 Å².